The second kappa shape index (κ2) is 8.26. The first-order valence-electron chi connectivity index (χ1n) is 8.70. The van der Waals surface area contributed by atoms with E-state index in [1.165, 1.54) is 5.39 Å². The molecule has 0 N–H and O–H groups in total. The molecule has 0 aromatic heterocycles. The Bertz CT molecular complexity index is 899. The van der Waals surface area contributed by atoms with E-state index >= 15 is 0 Å². The second-order valence-electron chi connectivity index (χ2n) is 5.78. The van der Waals surface area contributed by atoms with E-state index in [9.17, 15) is 0 Å². The fourth-order valence-electron chi connectivity index (χ4n) is 2.56. The Kier molecular flexibility index (Phi) is 5.59. The molecule has 25 heavy (non-hydrogen) atoms. The van der Waals surface area contributed by atoms with Crippen LogP contribution in [0.15, 0.2) is 60.7 Å². The fourth-order valence-corrected chi connectivity index (χ4v) is 2.56. The minimum absolute atomic E-state index is 0.678. The molecule has 0 saturated carbocycles. The normalized spacial score (nSPS) is 10.2. The summed E-state index contributed by atoms with van der Waals surface area (Å²) >= 11 is 0. The molecule has 0 radical (unpaired) electrons. The third-order valence-electron chi connectivity index (χ3n) is 3.80. The monoisotopic (exact) mass is 330 g/mol. The molecule has 0 heterocycles. The quantitative estimate of drug-likeness (QED) is 0.581. The summed E-state index contributed by atoms with van der Waals surface area (Å²) in [7, 11) is 0. The highest BCUT2D eigenvalue weighted by molar-refractivity contribution is 5.85. The highest BCUT2D eigenvalue weighted by Gasteiger charge is 1.98. The van der Waals surface area contributed by atoms with Crippen LogP contribution in [0, 0.1) is 11.8 Å². The number of hydrogen-bond donors (Lipinski definition) is 0. The van der Waals surface area contributed by atoms with E-state index in [1.54, 1.807) is 0 Å². The third kappa shape index (κ3) is 4.55. The predicted molar refractivity (Wildman–Crippen MR) is 103 cm³/mol. The molecule has 0 aliphatic carbocycles. The molecule has 0 unspecified atom stereocenters. The van der Waals surface area contributed by atoms with E-state index in [-0.39, 0.29) is 0 Å². The van der Waals surface area contributed by atoms with Crippen LogP contribution in [0.4, 0.5) is 0 Å². The fraction of sp³-hybridized carbons (Fsp3) is 0.217. The van der Waals surface area contributed by atoms with Gasteiger partial charge in [0.2, 0.25) is 0 Å². The summed E-state index contributed by atoms with van der Waals surface area (Å²) in [5, 5.41) is 2.33. The lowest BCUT2D eigenvalue weighted by atomic mass is 10.1. The third-order valence-corrected chi connectivity index (χ3v) is 3.80. The molecular weight excluding hydrogens is 308 g/mol. The van der Waals surface area contributed by atoms with E-state index in [1.807, 2.05) is 43.3 Å². The van der Waals surface area contributed by atoms with Crippen molar-refractivity contribution in [2.75, 3.05) is 13.2 Å². The SMILES string of the molecule is CCCOc1ccc(C#Cc2ccc3cc(OCC)ccc3c2)cc1. The summed E-state index contributed by atoms with van der Waals surface area (Å²) in [6, 6.07) is 20.3. The minimum atomic E-state index is 0.678. The number of fused-ring (bicyclic) bond motifs is 1. The van der Waals surface area contributed by atoms with E-state index in [0.29, 0.717) is 6.61 Å². The van der Waals surface area contributed by atoms with E-state index in [4.69, 9.17) is 9.47 Å². The maximum absolute atomic E-state index is 5.59. The number of hydrogen-bond acceptors (Lipinski definition) is 2. The first-order valence-corrected chi connectivity index (χ1v) is 8.70. The summed E-state index contributed by atoms with van der Waals surface area (Å²) in [6.07, 6.45) is 1.01. The molecular formula is C23H22O2. The van der Waals surface area contributed by atoms with E-state index < -0.39 is 0 Å². The van der Waals surface area contributed by atoms with Crippen molar-refractivity contribution in [1.29, 1.82) is 0 Å². The molecule has 0 amide bonds. The summed E-state index contributed by atoms with van der Waals surface area (Å²) in [5.74, 6) is 8.24. The van der Waals surface area contributed by atoms with Crippen LogP contribution < -0.4 is 9.47 Å². The van der Waals surface area contributed by atoms with Crippen molar-refractivity contribution in [2.24, 2.45) is 0 Å². The molecule has 2 heteroatoms. The van der Waals surface area contributed by atoms with Gasteiger partial charge < -0.3 is 9.47 Å². The molecule has 0 aliphatic rings. The average molecular weight is 330 g/mol. The van der Waals surface area contributed by atoms with Crippen molar-refractivity contribution >= 4 is 10.8 Å². The molecule has 3 rings (SSSR count). The average Bonchev–Trinajstić information content (AvgIpc) is 2.65. The number of rotatable bonds is 5. The van der Waals surface area contributed by atoms with Crippen LogP contribution in [0.25, 0.3) is 10.8 Å². The van der Waals surface area contributed by atoms with E-state index in [0.717, 1.165) is 41.0 Å². The maximum Gasteiger partial charge on any atom is 0.119 e. The molecule has 0 spiro atoms. The second-order valence-corrected chi connectivity index (χ2v) is 5.78. The van der Waals surface area contributed by atoms with Gasteiger partial charge in [0, 0.05) is 11.1 Å². The van der Waals surface area contributed by atoms with Crippen molar-refractivity contribution in [1.82, 2.24) is 0 Å². The largest absolute Gasteiger partial charge is 0.494 e. The summed E-state index contributed by atoms with van der Waals surface area (Å²) < 4.78 is 11.1. The Labute approximate surface area is 149 Å². The first kappa shape index (κ1) is 16.9. The van der Waals surface area contributed by atoms with Gasteiger partial charge >= 0.3 is 0 Å². The lowest BCUT2D eigenvalue weighted by Crippen LogP contribution is -1.94. The topological polar surface area (TPSA) is 18.5 Å². The van der Waals surface area contributed by atoms with Crippen LogP contribution in [0.2, 0.25) is 0 Å². The van der Waals surface area contributed by atoms with Gasteiger partial charge in [-0.25, -0.2) is 0 Å². The van der Waals surface area contributed by atoms with Gasteiger partial charge in [0.25, 0.3) is 0 Å². The lowest BCUT2D eigenvalue weighted by Gasteiger charge is -2.05. The van der Waals surface area contributed by atoms with Gasteiger partial charge in [-0.3, -0.25) is 0 Å². The zero-order chi connectivity index (χ0) is 17.5. The van der Waals surface area contributed by atoms with Gasteiger partial charge in [-0.2, -0.15) is 0 Å². The van der Waals surface area contributed by atoms with Crippen LogP contribution in [-0.2, 0) is 0 Å². The molecule has 0 atom stereocenters. The van der Waals surface area contributed by atoms with Crippen molar-refractivity contribution < 1.29 is 9.47 Å². The summed E-state index contributed by atoms with van der Waals surface area (Å²) in [4.78, 5) is 0. The van der Waals surface area contributed by atoms with Gasteiger partial charge in [0.15, 0.2) is 0 Å². The summed E-state index contributed by atoms with van der Waals surface area (Å²) in [6.45, 7) is 5.51. The minimum Gasteiger partial charge on any atom is -0.494 e. The smallest absolute Gasteiger partial charge is 0.119 e. The number of benzene rings is 3. The van der Waals surface area contributed by atoms with Crippen molar-refractivity contribution in [3.05, 3.63) is 71.8 Å². The lowest BCUT2D eigenvalue weighted by molar-refractivity contribution is 0.317. The van der Waals surface area contributed by atoms with Gasteiger partial charge in [0.05, 0.1) is 13.2 Å². The zero-order valence-corrected chi connectivity index (χ0v) is 14.7. The highest BCUT2D eigenvalue weighted by atomic mass is 16.5. The maximum atomic E-state index is 5.59. The Hall–Kier alpha value is -2.92. The predicted octanol–water partition coefficient (Wildman–Crippen LogP) is 5.43. The molecule has 0 fully saturated rings. The Morgan fingerprint density at radius 2 is 1.32 bits per heavy atom. The van der Waals surface area contributed by atoms with Crippen molar-refractivity contribution in [3.63, 3.8) is 0 Å². The van der Waals surface area contributed by atoms with Gasteiger partial charge in [-0.05, 0) is 72.6 Å². The zero-order valence-electron chi connectivity index (χ0n) is 14.7. The van der Waals surface area contributed by atoms with Crippen LogP contribution in [0.1, 0.15) is 31.4 Å². The van der Waals surface area contributed by atoms with Crippen LogP contribution in [0.3, 0.4) is 0 Å². The molecule has 2 nitrogen and oxygen atoms in total. The molecule has 0 saturated heterocycles. The number of ether oxygens (including phenoxy) is 2. The molecule has 0 bridgehead atoms. The molecule has 3 aromatic carbocycles. The van der Waals surface area contributed by atoms with Crippen molar-refractivity contribution in [3.8, 4) is 23.3 Å². The van der Waals surface area contributed by atoms with Gasteiger partial charge in [-0.1, -0.05) is 30.9 Å². The van der Waals surface area contributed by atoms with Crippen LogP contribution in [-0.4, -0.2) is 13.2 Å². The summed E-state index contributed by atoms with van der Waals surface area (Å²) in [5.41, 5.74) is 1.98. The standard InChI is InChI=1S/C23H22O2/c1-3-15-25-22-12-8-18(9-13-22)5-6-19-7-10-21-17-23(24-4-2)14-11-20(21)16-19/h7-14,16-17H,3-4,15H2,1-2H3. The van der Waals surface area contributed by atoms with Crippen LogP contribution >= 0.6 is 0 Å². The van der Waals surface area contributed by atoms with Gasteiger partial charge in [-0.15, -0.1) is 0 Å². The Balaban J connectivity index is 1.76. The molecule has 0 aliphatic heterocycles. The van der Waals surface area contributed by atoms with Gasteiger partial charge in [0.1, 0.15) is 11.5 Å². The van der Waals surface area contributed by atoms with Crippen molar-refractivity contribution in [2.45, 2.75) is 20.3 Å². The Morgan fingerprint density at radius 1 is 0.680 bits per heavy atom. The first-order chi connectivity index (χ1) is 12.3. The Morgan fingerprint density at radius 3 is 2.08 bits per heavy atom. The van der Waals surface area contributed by atoms with Crippen LogP contribution in [0.5, 0.6) is 11.5 Å². The highest BCUT2D eigenvalue weighted by Crippen LogP contribution is 2.22. The molecule has 126 valence electrons. The molecule has 3 aromatic rings. The van der Waals surface area contributed by atoms with E-state index in [2.05, 4.69) is 43.0 Å².